The lowest BCUT2D eigenvalue weighted by molar-refractivity contribution is 0.552. The predicted molar refractivity (Wildman–Crippen MR) is 70.5 cm³/mol. The molecule has 0 saturated carbocycles. The van der Waals surface area contributed by atoms with Gasteiger partial charge in [0.15, 0.2) is 9.84 Å². The molecule has 4 heteroatoms. The lowest BCUT2D eigenvalue weighted by Crippen LogP contribution is -2.36. The van der Waals surface area contributed by atoms with Crippen LogP contribution in [0.3, 0.4) is 0 Å². The monoisotopic (exact) mass is 249 g/mol. The molecule has 2 atom stereocenters. The number of unbranched alkanes of at least 4 members (excludes halogenated alkanes) is 2. The molecule has 0 heterocycles. The zero-order valence-electron chi connectivity index (χ0n) is 11.1. The summed E-state index contributed by atoms with van der Waals surface area (Å²) in [7, 11) is -2.94. The van der Waals surface area contributed by atoms with Gasteiger partial charge >= 0.3 is 0 Å². The van der Waals surface area contributed by atoms with Crippen molar-refractivity contribution < 1.29 is 8.42 Å². The second-order valence-corrected chi connectivity index (χ2v) is 7.32. The molecule has 0 aromatic rings. The van der Waals surface area contributed by atoms with Crippen LogP contribution in [0.5, 0.6) is 0 Å². The van der Waals surface area contributed by atoms with Gasteiger partial charge in [0.2, 0.25) is 0 Å². The summed E-state index contributed by atoms with van der Waals surface area (Å²) in [5.41, 5.74) is 0. The Morgan fingerprint density at radius 2 is 1.69 bits per heavy atom. The predicted octanol–water partition coefficient (Wildman–Crippen LogP) is 2.37. The Labute approximate surface area is 101 Å². The van der Waals surface area contributed by atoms with Gasteiger partial charge in [0.25, 0.3) is 0 Å². The minimum absolute atomic E-state index is 0.222. The van der Waals surface area contributed by atoms with Crippen LogP contribution in [0.2, 0.25) is 0 Å². The molecule has 0 aliphatic carbocycles. The summed E-state index contributed by atoms with van der Waals surface area (Å²) in [5.74, 6) is 0. The molecule has 0 aromatic carbocycles. The van der Waals surface area contributed by atoms with E-state index >= 15 is 0 Å². The van der Waals surface area contributed by atoms with Crippen LogP contribution >= 0.6 is 0 Å². The highest BCUT2D eigenvalue weighted by molar-refractivity contribution is 7.92. The van der Waals surface area contributed by atoms with Gasteiger partial charge in [0.05, 0.1) is 10.5 Å². The fourth-order valence-corrected chi connectivity index (χ4v) is 3.16. The Hall–Kier alpha value is -0.0900. The first kappa shape index (κ1) is 15.9. The van der Waals surface area contributed by atoms with Crippen LogP contribution in [0.25, 0.3) is 0 Å². The third-order valence-corrected chi connectivity index (χ3v) is 5.83. The van der Waals surface area contributed by atoms with Crippen molar-refractivity contribution in [2.24, 2.45) is 0 Å². The smallest absolute Gasteiger partial charge is 0.156 e. The van der Waals surface area contributed by atoms with Gasteiger partial charge in [-0.05, 0) is 33.2 Å². The van der Waals surface area contributed by atoms with Crippen molar-refractivity contribution in [2.75, 3.05) is 13.1 Å². The van der Waals surface area contributed by atoms with E-state index in [0.717, 1.165) is 13.0 Å². The molecule has 16 heavy (non-hydrogen) atoms. The van der Waals surface area contributed by atoms with Crippen molar-refractivity contribution in [1.29, 1.82) is 0 Å². The van der Waals surface area contributed by atoms with Gasteiger partial charge in [-0.2, -0.15) is 0 Å². The van der Waals surface area contributed by atoms with E-state index in [-0.39, 0.29) is 10.5 Å². The average Bonchev–Trinajstić information content (AvgIpc) is 2.27. The van der Waals surface area contributed by atoms with Crippen LogP contribution in [-0.4, -0.2) is 32.0 Å². The maximum atomic E-state index is 11.9. The van der Waals surface area contributed by atoms with E-state index in [1.165, 1.54) is 12.8 Å². The Balaban J connectivity index is 3.92. The quantitative estimate of drug-likeness (QED) is 0.638. The Kier molecular flexibility index (Phi) is 8.02. The normalized spacial score (nSPS) is 16.0. The van der Waals surface area contributed by atoms with Crippen LogP contribution in [-0.2, 0) is 9.84 Å². The molecule has 2 unspecified atom stereocenters. The molecule has 0 aliphatic rings. The summed E-state index contributed by atoms with van der Waals surface area (Å²) in [4.78, 5) is 0. The van der Waals surface area contributed by atoms with E-state index in [1.807, 2.05) is 6.92 Å². The number of rotatable bonds is 9. The van der Waals surface area contributed by atoms with E-state index in [4.69, 9.17) is 0 Å². The summed E-state index contributed by atoms with van der Waals surface area (Å²) in [5, 5.41) is 2.73. The van der Waals surface area contributed by atoms with Crippen molar-refractivity contribution in [3.63, 3.8) is 0 Å². The lowest BCUT2D eigenvalue weighted by Gasteiger charge is -2.18. The number of hydrogen-bond donors (Lipinski definition) is 1. The van der Waals surface area contributed by atoms with E-state index in [2.05, 4.69) is 12.2 Å². The summed E-state index contributed by atoms with van der Waals surface area (Å²) in [6, 6.07) is 0. The molecule has 98 valence electrons. The molecule has 1 N–H and O–H groups in total. The highest BCUT2D eigenvalue weighted by Gasteiger charge is 2.25. The van der Waals surface area contributed by atoms with Gasteiger partial charge in [0.1, 0.15) is 0 Å². The van der Waals surface area contributed by atoms with Crippen LogP contribution in [0.4, 0.5) is 0 Å². The summed E-state index contributed by atoms with van der Waals surface area (Å²) < 4.78 is 23.9. The highest BCUT2D eigenvalue weighted by atomic mass is 32.2. The van der Waals surface area contributed by atoms with Gasteiger partial charge in [-0.3, -0.25) is 0 Å². The molecule has 0 saturated heterocycles. The van der Waals surface area contributed by atoms with Crippen LogP contribution in [0, 0.1) is 0 Å². The second kappa shape index (κ2) is 8.07. The SMILES string of the molecule is CCCCCNCC(C)S(=O)(=O)C(C)CC. The van der Waals surface area contributed by atoms with Gasteiger partial charge in [-0.1, -0.05) is 26.7 Å². The van der Waals surface area contributed by atoms with Crippen molar-refractivity contribution in [1.82, 2.24) is 5.32 Å². The molecular formula is C12H27NO2S. The van der Waals surface area contributed by atoms with Gasteiger partial charge < -0.3 is 5.32 Å². The fourth-order valence-electron chi connectivity index (χ4n) is 1.55. The van der Waals surface area contributed by atoms with E-state index in [1.54, 1.807) is 13.8 Å². The Morgan fingerprint density at radius 3 is 2.19 bits per heavy atom. The number of nitrogens with one attached hydrogen (secondary N) is 1. The number of hydrogen-bond acceptors (Lipinski definition) is 3. The third kappa shape index (κ3) is 5.30. The zero-order valence-corrected chi connectivity index (χ0v) is 11.9. The summed E-state index contributed by atoms with van der Waals surface area (Å²) in [6.07, 6.45) is 4.23. The molecule has 0 bridgehead atoms. The molecule has 0 amide bonds. The second-order valence-electron chi connectivity index (χ2n) is 4.53. The minimum Gasteiger partial charge on any atom is -0.315 e. The Bertz CT molecular complexity index is 262. The maximum absolute atomic E-state index is 11.9. The summed E-state index contributed by atoms with van der Waals surface area (Å²) in [6.45, 7) is 9.18. The van der Waals surface area contributed by atoms with E-state index < -0.39 is 9.84 Å². The zero-order chi connectivity index (χ0) is 12.6. The molecule has 0 aliphatic heterocycles. The van der Waals surface area contributed by atoms with Crippen LogP contribution < -0.4 is 5.32 Å². The molecular weight excluding hydrogens is 222 g/mol. The lowest BCUT2D eigenvalue weighted by atomic mass is 10.2. The molecule has 0 rings (SSSR count). The molecule has 0 aromatic heterocycles. The standard InChI is InChI=1S/C12H27NO2S/c1-5-7-8-9-13-10-12(4)16(14,15)11(3)6-2/h11-13H,5-10H2,1-4H3. The molecule has 0 spiro atoms. The molecule has 3 nitrogen and oxygen atoms in total. The first-order valence-electron chi connectivity index (χ1n) is 6.40. The van der Waals surface area contributed by atoms with E-state index in [9.17, 15) is 8.42 Å². The molecule has 0 fully saturated rings. The van der Waals surface area contributed by atoms with Gasteiger partial charge in [-0.15, -0.1) is 0 Å². The van der Waals surface area contributed by atoms with Gasteiger partial charge in [-0.25, -0.2) is 8.42 Å². The highest BCUT2D eigenvalue weighted by Crippen LogP contribution is 2.11. The topological polar surface area (TPSA) is 46.2 Å². The number of sulfone groups is 1. The largest absolute Gasteiger partial charge is 0.315 e. The van der Waals surface area contributed by atoms with E-state index in [0.29, 0.717) is 13.0 Å². The van der Waals surface area contributed by atoms with Crippen molar-refractivity contribution in [3.05, 3.63) is 0 Å². The van der Waals surface area contributed by atoms with Crippen LogP contribution in [0.1, 0.15) is 53.4 Å². The van der Waals surface area contributed by atoms with Gasteiger partial charge in [0, 0.05) is 6.54 Å². The fraction of sp³-hybridized carbons (Fsp3) is 1.00. The van der Waals surface area contributed by atoms with Crippen molar-refractivity contribution in [2.45, 2.75) is 63.9 Å². The van der Waals surface area contributed by atoms with Crippen molar-refractivity contribution >= 4 is 9.84 Å². The minimum atomic E-state index is -2.94. The first-order valence-corrected chi connectivity index (χ1v) is 8.01. The molecule has 0 radical (unpaired) electrons. The Morgan fingerprint density at radius 1 is 1.06 bits per heavy atom. The van der Waals surface area contributed by atoms with Crippen molar-refractivity contribution in [3.8, 4) is 0 Å². The third-order valence-electron chi connectivity index (χ3n) is 3.09. The maximum Gasteiger partial charge on any atom is 0.156 e. The average molecular weight is 249 g/mol. The summed E-state index contributed by atoms with van der Waals surface area (Å²) >= 11 is 0. The van der Waals surface area contributed by atoms with Crippen LogP contribution in [0.15, 0.2) is 0 Å². The first-order chi connectivity index (χ1) is 7.46.